The number of anilines is 1. The minimum absolute atomic E-state index is 0.152. The molecule has 1 aliphatic rings. The molecule has 1 N–H and O–H groups in total. The van der Waals surface area contributed by atoms with Crippen molar-refractivity contribution in [3.8, 4) is 11.6 Å². The van der Waals surface area contributed by atoms with Crippen LogP contribution in [-0.2, 0) is 16.6 Å². The van der Waals surface area contributed by atoms with Crippen molar-refractivity contribution in [1.82, 2.24) is 24.6 Å². The van der Waals surface area contributed by atoms with E-state index in [0.29, 0.717) is 29.2 Å². The van der Waals surface area contributed by atoms with E-state index in [9.17, 15) is 23.2 Å². The molecule has 4 heterocycles. The number of carbonyl (C=O) groups is 2. The second kappa shape index (κ2) is 9.36. The number of methoxy groups -OCH3 is 1. The predicted molar refractivity (Wildman–Crippen MR) is 134 cm³/mol. The van der Waals surface area contributed by atoms with Gasteiger partial charge in [-0.15, -0.1) is 0 Å². The van der Waals surface area contributed by atoms with Gasteiger partial charge in [0, 0.05) is 56.0 Å². The molecule has 1 saturated heterocycles. The van der Waals surface area contributed by atoms with Gasteiger partial charge in [0.05, 0.1) is 36.6 Å². The highest BCUT2D eigenvalue weighted by Gasteiger charge is 2.45. The van der Waals surface area contributed by atoms with Crippen LogP contribution in [0.15, 0.2) is 65.8 Å². The van der Waals surface area contributed by atoms with Crippen molar-refractivity contribution in [3.05, 3.63) is 77.0 Å². The van der Waals surface area contributed by atoms with Crippen LogP contribution in [-0.4, -0.2) is 50.2 Å². The number of halogens is 2. The smallest absolute Gasteiger partial charge is 0.321 e. The minimum Gasteiger partial charge on any atom is -0.481 e. The summed E-state index contributed by atoms with van der Waals surface area (Å²) in [5, 5.41) is 7.50. The maximum Gasteiger partial charge on any atom is 0.321 e. The Morgan fingerprint density at radius 2 is 1.89 bits per heavy atom. The number of aromatic nitrogens is 4. The number of rotatable bonds is 6. The highest BCUT2D eigenvalue weighted by atomic mass is 19.3. The lowest BCUT2D eigenvalue weighted by atomic mass is 10.00. The SMILES string of the molecule is COc1cc([C@@H]2[C@@H](NC(=O)C(C)(F)F)CC(=O)N2c2ccc3c(cnn3-c3ccc(=O)n(C)c3)c2)ccn1. The van der Waals surface area contributed by atoms with Gasteiger partial charge in [-0.1, -0.05) is 0 Å². The molecule has 10 nitrogen and oxygen atoms in total. The molecule has 12 heteroatoms. The van der Waals surface area contributed by atoms with Crippen LogP contribution in [0, 0.1) is 0 Å². The van der Waals surface area contributed by atoms with Crippen LogP contribution in [0.2, 0.25) is 0 Å². The monoisotopic (exact) mass is 522 g/mol. The third-order valence-electron chi connectivity index (χ3n) is 6.49. The lowest BCUT2D eigenvalue weighted by molar-refractivity contribution is -0.143. The van der Waals surface area contributed by atoms with Crippen molar-refractivity contribution in [2.45, 2.75) is 31.4 Å². The van der Waals surface area contributed by atoms with Gasteiger partial charge in [0.2, 0.25) is 17.3 Å². The van der Waals surface area contributed by atoms with Crippen LogP contribution >= 0.6 is 0 Å². The van der Waals surface area contributed by atoms with Gasteiger partial charge in [0.25, 0.3) is 5.91 Å². The van der Waals surface area contributed by atoms with Gasteiger partial charge in [-0.25, -0.2) is 9.67 Å². The predicted octanol–water partition coefficient (Wildman–Crippen LogP) is 2.75. The summed E-state index contributed by atoms with van der Waals surface area (Å²) in [4.78, 5) is 42.8. The van der Waals surface area contributed by atoms with Gasteiger partial charge < -0.3 is 19.5 Å². The summed E-state index contributed by atoms with van der Waals surface area (Å²) in [6.45, 7) is 0.511. The van der Waals surface area contributed by atoms with E-state index in [1.54, 1.807) is 60.5 Å². The molecule has 196 valence electrons. The molecule has 0 saturated carbocycles. The fraction of sp³-hybridized carbons (Fsp3) is 0.269. The van der Waals surface area contributed by atoms with Crippen molar-refractivity contribution in [2.75, 3.05) is 12.0 Å². The van der Waals surface area contributed by atoms with Gasteiger partial charge in [0.15, 0.2) is 0 Å². The third kappa shape index (κ3) is 4.49. The molecular formula is C26H24F2N6O4. The average Bonchev–Trinajstić information content (AvgIpc) is 3.45. The van der Waals surface area contributed by atoms with E-state index in [-0.39, 0.29) is 23.8 Å². The number of alkyl halides is 2. The molecule has 0 aliphatic carbocycles. The van der Waals surface area contributed by atoms with Crippen LogP contribution in [0.4, 0.5) is 14.5 Å². The Bertz CT molecular complexity index is 1610. The normalized spacial score (nSPS) is 17.7. The summed E-state index contributed by atoms with van der Waals surface area (Å²) in [6.07, 6.45) is 4.61. The lowest BCUT2D eigenvalue weighted by Gasteiger charge is -2.29. The summed E-state index contributed by atoms with van der Waals surface area (Å²) >= 11 is 0. The number of aryl methyl sites for hydroxylation is 1. The molecule has 1 aromatic carbocycles. The molecule has 0 bridgehead atoms. The number of amides is 2. The van der Waals surface area contributed by atoms with Crippen LogP contribution in [0.25, 0.3) is 16.6 Å². The highest BCUT2D eigenvalue weighted by Crippen LogP contribution is 2.39. The van der Waals surface area contributed by atoms with E-state index in [0.717, 1.165) is 5.52 Å². The zero-order chi connectivity index (χ0) is 27.2. The summed E-state index contributed by atoms with van der Waals surface area (Å²) in [6, 6.07) is 9.94. The Labute approximate surface area is 215 Å². The Morgan fingerprint density at radius 3 is 2.61 bits per heavy atom. The Balaban J connectivity index is 1.57. The summed E-state index contributed by atoms with van der Waals surface area (Å²) < 4.78 is 35.8. The van der Waals surface area contributed by atoms with Gasteiger partial charge in [-0.05, 0) is 35.9 Å². The molecule has 3 aromatic heterocycles. The first-order valence-electron chi connectivity index (χ1n) is 11.7. The zero-order valence-electron chi connectivity index (χ0n) is 20.8. The molecule has 0 radical (unpaired) electrons. The van der Waals surface area contributed by atoms with Gasteiger partial charge >= 0.3 is 5.92 Å². The number of nitrogens with zero attached hydrogens (tertiary/aromatic N) is 5. The van der Waals surface area contributed by atoms with Crippen molar-refractivity contribution in [3.63, 3.8) is 0 Å². The number of benzene rings is 1. The first kappa shape index (κ1) is 25.1. The number of carbonyl (C=O) groups excluding carboxylic acids is 2. The summed E-state index contributed by atoms with van der Waals surface area (Å²) in [5.41, 5.74) is 2.33. The van der Waals surface area contributed by atoms with E-state index < -0.39 is 23.9 Å². The lowest BCUT2D eigenvalue weighted by Crippen LogP contribution is -2.46. The van der Waals surface area contributed by atoms with E-state index >= 15 is 0 Å². The van der Waals surface area contributed by atoms with Crippen LogP contribution < -0.4 is 20.5 Å². The molecule has 1 aliphatic heterocycles. The highest BCUT2D eigenvalue weighted by molar-refractivity contribution is 6.00. The van der Waals surface area contributed by atoms with Crippen molar-refractivity contribution in [2.24, 2.45) is 7.05 Å². The first-order chi connectivity index (χ1) is 18.1. The third-order valence-corrected chi connectivity index (χ3v) is 6.49. The largest absolute Gasteiger partial charge is 0.481 e. The van der Waals surface area contributed by atoms with Gasteiger partial charge in [-0.3, -0.25) is 14.4 Å². The molecule has 1 fully saturated rings. The Hall–Kier alpha value is -4.61. The second-order valence-corrected chi connectivity index (χ2v) is 9.15. The maximum absolute atomic E-state index is 13.7. The van der Waals surface area contributed by atoms with Gasteiger partial charge in [-0.2, -0.15) is 13.9 Å². The fourth-order valence-corrected chi connectivity index (χ4v) is 4.65. The molecule has 0 spiro atoms. The molecule has 2 amide bonds. The fourth-order valence-electron chi connectivity index (χ4n) is 4.65. The maximum atomic E-state index is 13.7. The number of ether oxygens (including phenoxy) is 1. The Morgan fingerprint density at radius 1 is 1.13 bits per heavy atom. The molecule has 2 atom stereocenters. The van der Waals surface area contributed by atoms with E-state index in [2.05, 4.69) is 15.4 Å². The molecule has 4 aromatic rings. The average molecular weight is 523 g/mol. The number of nitrogens with one attached hydrogen (secondary N) is 1. The standard InChI is InChI=1S/C26H24F2N6O4/c1-26(27,28)25(37)31-19-12-23(36)33(24(19)15-8-9-29-21(11-15)38-3)17-4-6-20-16(10-17)13-30-34(20)18-5-7-22(35)32(2)14-18/h4-11,13-14,19,24H,12H2,1-3H3,(H,31,37)/t19-,24+/m0/s1. The molecular weight excluding hydrogens is 498 g/mol. The van der Waals surface area contributed by atoms with E-state index in [1.165, 1.54) is 28.8 Å². The van der Waals surface area contributed by atoms with Crippen molar-refractivity contribution in [1.29, 1.82) is 0 Å². The van der Waals surface area contributed by atoms with E-state index in [1.807, 2.05) is 0 Å². The van der Waals surface area contributed by atoms with Crippen LogP contribution in [0.3, 0.4) is 0 Å². The zero-order valence-corrected chi connectivity index (χ0v) is 20.8. The summed E-state index contributed by atoms with van der Waals surface area (Å²) in [7, 11) is 3.09. The second-order valence-electron chi connectivity index (χ2n) is 9.15. The molecule has 38 heavy (non-hydrogen) atoms. The quantitative estimate of drug-likeness (QED) is 0.417. The number of pyridine rings is 2. The van der Waals surface area contributed by atoms with Crippen LogP contribution in [0.1, 0.15) is 24.9 Å². The molecule has 5 rings (SSSR count). The van der Waals surface area contributed by atoms with Crippen molar-refractivity contribution < 1.29 is 23.1 Å². The summed E-state index contributed by atoms with van der Waals surface area (Å²) in [5.74, 6) is -5.13. The topological polar surface area (TPSA) is 111 Å². The minimum atomic E-state index is -3.61. The number of fused-ring (bicyclic) bond motifs is 1. The first-order valence-corrected chi connectivity index (χ1v) is 11.7. The number of hydrogen-bond acceptors (Lipinski definition) is 6. The van der Waals surface area contributed by atoms with Gasteiger partial charge in [0.1, 0.15) is 0 Å². The van der Waals surface area contributed by atoms with Crippen molar-refractivity contribution >= 4 is 28.4 Å². The Kier molecular flexibility index (Phi) is 6.17. The molecule has 0 unspecified atom stereocenters. The number of hydrogen-bond donors (Lipinski definition) is 1. The van der Waals surface area contributed by atoms with E-state index in [4.69, 9.17) is 4.74 Å². The van der Waals surface area contributed by atoms with Crippen LogP contribution in [0.5, 0.6) is 5.88 Å².